The van der Waals surface area contributed by atoms with Crippen molar-refractivity contribution in [3.63, 3.8) is 0 Å². The Kier molecular flexibility index (Phi) is 17.9. The first-order valence-corrected chi connectivity index (χ1v) is 47.8. The fourth-order valence-electron chi connectivity index (χ4n) is 6.41. The molecule has 2 heterocycles. The summed E-state index contributed by atoms with van der Waals surface area (Å²) < 4.78 is 76.9. The lowest BCUT2D eigenvalue weighted by molar-refractivity contribution is -0.300. The molecule has 1 unspecified atom stereocenters. The van der Waals surface area contributed by atoms with Gasteiger partial charge in [-0.05, 0) is 157 Å². The van der Waals surface area contributed by atoms with Gasteiger partial charge in [-0.1, -0.05) is 0 Å². The van der Waals surface area contributed by atoms with Crippen molar-refractivity contribution >= 4 is 66.5 Å². The summed E-state index contributed by atoms with van der Waals surface area (Å²) in [7, 11) is -16.8. The SMILES string of the molecule is C[Si](C)(C)OC[C@H]1O[C@H](OCC2O[C@@](CO[Si](C)(C)C)(O[Si](C)(C)C)[C@@H](O[Si](C)(C)C)[C@@H]2O[Si](C)(C)C)[C@H](O[Si](C)(C)C)[C@@H](O[Si](C)(C)C)[C@@H]1O[Si](C)(C)C. The summed E-state index contributed by atoms with van der Waals surface area (Å²) in [6.07, 6.45) is -4.03. The van der Waals surface area contributed by atoms with Crippen molar-refractivity contribution in [1.29, 1.82) is 0 Å². The number of rotatable bonds is 21. The van der Waals surface area contributed by atoms with Crippen molar-refractivity contribution in [1.82, 2.24) is 0 Å². The van der Waals surface area contributed by atoms with Gasteiger partial charge in [0, 0.05) is 0 Å². The third kappa shape index (κ3) is 19.7. The van der Waals surface area contributed by atoms with Gasteiger partial charge >= 0.3 is 0 Å². The maximum Gasteiger partial charge on any atom is 0.210 e. The average molecular weight is 920 g/mol. The summed E-state index contributed by atoms with van der Waals surface area (Å²) in [5.74, 6) is -1.17. The molecule has 55 heavy (non-hydrogen) atoms. The first kappa shape index (κ1) is 52.4. The monoisotopic (exact) mass is 918 g/mol. The van der Waals surface area contributed by atoms with Crippen LogP contribution in [0.1, 0.15) is 0 Å². The van der Waals surface area contributed by atoms with Crippen molar-refractivity contribution in [2.45, 2.75) is 212 Å². The van der Waals surface area contributed by atoms with Gasteiger partial charge in [-0.3, -0.25) is 0 Å². The van der Waals surface area contributed by atoms with E-state index in [1.165, 1.54) is 0 Å². The van der Waals surface area contributed by atoms with E-state index in [0.29, 0.717) is 6.61 Å². The highest BCUT2D eigenvalue weighted by Gasteiger charge is 2.61. The van der Waals surface area contributed by atoms with Crippen LogP contribution in [0.5, 0.6) is 0 Å². The van der Waals surface area contributed by atoms with Gasteiger partial charge in [-0.2, -0.15) is 0 Å². The van der Waals surface area contributed by atoms with Gasteiger partial charge < -0.3 is 49.6 Å². The van der Waals surface area contributed by atoms with Gasteiger partial charge in [-0.25, -0.2) is 0 Å². The molecule has 11 nitrogen and oxygen atoms in total. The van der Waals surface area contributed by atoms with Gasteiger partial charge in [0.15, 0.2) is 72.8 Å². The minimum atomic E-state index is -2.23. The fraction of sp³-hybridized carbons (Fsp3) is 1.00. The molecular weight excluding hydrogens is 833 g/mol. The van der Waals surface area contributed by atoms with E-state index in [4.69, 9.17) is 49.6 Å². The van der Waals surface area contributed by atoms with Crippen molar-refractivity contribution in [2.75, 3.05) is 19.8 Å². The van der Waals surface area contributed by atoms with Crippen LogP contribution in [0.15, 0.2) is 0 Å². The largest absolute Gasteiger partial charge is 0.415 e. The smallest absolute Gasteiger partial charge is 0.210 e. The minimum Gasteiger partial charge on any atom is -0.415 e. The Bertz CT molecular complexity index is 1190. The Morgan fingerprint density at radius 1 is 0.400 bits per heavy atom. The Balaban J connectivity index is 2.77. The quantitative estimate of drug-likeness (QED) is 0.103. The predicted molar refractivity (Wildman–Crippen MR) is 246 cm³/mol. The van der Waals surface area contributed by atoms with Gasteiger partial charge in [0.1, 0.15) is 42.7 Å². The lowest BCUT2D eigenvalue weighted by atomic mass is 9.99. The van der Waals surface area contributed by atoms with Crippen LogP contribution in [0.2, 0.25) is 157 Å². The zero-order valence-corrected chi connectivity index (χ0v) is 47.7. The number of ether oxygens (including phenoxy) is 3. The van der Waals surface area contributed by atoms with E-state index in [2.05, 4.69) is 157 Å². The van der Waals surface area contributed by atoms with E-state index in [-0.39, 0.29) is 19.3 Å². The molecule has 0 N–H and O–H groups in total. The van der Waals surface area contributed by atoms with Crippen molar-refractivity contribution in [2.24, 2.45) is 0 Å². The molecule has 0 spiro atoms. The van der Waals surface area contributed by atoms with Crippen LogP contribution in [-0.4, -0.2) is 141 Å². The molecule has 9 atom stereocenters. The molecule has 2 aliphatic heterocycles. The molecule has 2 aliphatic rings. The summed E-state index contributed by atoms with van der Waals surface area (Å²) in [6, 6.07) is 0. The molecule has 2 rings (SSSR count). The van der Waals surface area contributed by atoms with Crippen LogP contribution in [0.25, 0.3) is 0 Å². The van der Waals surface area contributed by atoms with E-state index in [1.54, 1.807) is 0 Å². The van der Waals surface area contributed by atoms with Crippen molar-refractivity contribution in [3.8, 4) is 0 Å². The van der Waals surface area contributed by atoms with Crippen molar-refractivity contribution in [3.05, 3.63) is 0 Å². The second-order valence-electron chi connectivity index (χ2n) is 23.3. The van der Waals surface area contributed by atoms with Crippen LogP contribution < -0.4 is 0 Å². The lowest BCUT2D eigenvalue weighted by Gasteiger charge is -2.51. The van der Waals surface area contributed by atoms with E-state index >= 15 is 0 Å². The number of hydrogen-bond acceptors (Lipinski definition) is 11. The molecule has 2 saturated heterocycles. The van der Waals surface area contributed by atoms with Crippen LogP contribution >= 0.6 is 0 Å². The Morgan fingerprint density at radius 2 is 0.818 bits per heavy atom. The lowest BCUT2D eigenvalue weighted by Crippen LogP contribution is -2.66. The first-order chi connectivity index (χ1) is 24.2. The molecule has 19 heteroatoms. The Labute approximate surface area is 346 Å². The normalized spacial score (nSPS) is 31.0. The summed E-state index contributed by atoms with van der Waals surface area (Å²) in [5, 5.41) is 0. The van der Waals surface area contributed by atoms with Crippen LogP contribution in [0.4, 0.5) is 0 Å². The van der Waals surface area contributed by atoms with E-state index in [1.807, 2.05) is 0 Å². The molecule has 0 radical (unpaired) electrons. The molecule has 0 amide bonds. The summed E-state index contributed by atoms with van der Waals surface area (Å²) >= 11 is 0. The third-order valence-corrected chi connectivity index (χ3v) is 15.6. The zero-order valence-electron chi connectivity index (χ0n) is 39.7. The Morgan fingerprint density at radius 3 is 1.24 bits per heavy atom. The van der Waals surface area contributed by atoms with Crippen LogP contribution in [0.3, 0.4) is 0 Å². The molecule has 0 aromatic heterocycles. The summed E-state index contributed by atoms with van der Waals surface area (Å²) in [6.45, 7) is 53.6. The van der Waals surface area contributed by atoms with Crippen LogP contribution in [0, 0.1) is 0 Å². The highest BCUT2D eigenvalue weighted by atomic mass is 28.4. The molecule has 0 aromatic rings. The zero-order chi connectivity index (χ0) is 43.0. The predicted octanol–water partition coefficient (Wildman–Crippen LogP) is 9.48. The maximum absolute atomic E-state index is 7.21. The highest BCUT2D eigenvalue weighted by molar-refractivity contribution is 6.72. The van der Waals surface area contributed by atoms with Gasteiger partial charge in [0.05, 0.1) is 19.8 Å². The summed E-state index contributed by atoms with van der Waals surface area (Å²) in [4.78, 5) is 0. The van der Waals surface area contributed by atoms with Gasteiger partial charge in [0.25, 0.3) is 0 Å². The standard InChI is InChI=1S/C36H86O11Si8/c1-48(2,3)38-26-28-30(42-50(7,8)9)32(44-52(13,14)15)33(45-53(16,17)18)35(40-28)37-25-29-31(43-51(10,11)12)34(46-54(19,20)21)36(41-29,47-55(22,23)24)27-39-49(4,5)6/h28-35H,25-27H2,1-24H3/t28-,29?,30-,31-,32+,33-,34+,35+,36+/m1/s1. The number of hydrogen-bond donors (Lipinski definition) is 0. The molecule has 0 aliphatic carbocycles. The second-order valence-corrected chi connectivity index (χ2v) is 59.1. The third-order valence-electron chi connectivity index (χ3n) is 7.77. The molecule has 328 valence electrons. The first-order valence-electron chi connectivity index (χ1n) is 20.5. The van der Waals surface area contributed by atoms with E-state index < -0.39 is 115 Å². The van der Waals surface area contributed by atoms with E-state index in [9.17, 15) is 0 Å². The van der Waals surface area contributed by atoms with Crippen molar-refractivity contribution < 1.29 is 49.6 Å². The fourth-order valence-corrected chi connectivity index (χ4v) is 14.4. The topological polar surface area (TPSA) is 102 Å². The van der Waals surface area contributed by atoms with Crippen LogP contribution in [-0.2, 0) is 49.6 Å². The highest BCUT2D eigenvalue weighted by Crippen LogP contribution is 2.43. The van der Waals surface area contributed by atoms with Gasteiger partial charge in [0.2, 0.25) is 5.79 Å². The van der Waals surface area contributed by atoms with Gasteiger partial charge in [-0.15, -0.1) is 0 Å². The molecule has 2 fully saturated rings. The second kappa shape index (κ2) is 18.7. The summed E-state index contributed by atoms with van der Waals surface area (Å²) in [5.41, 5.74) is 0. The molecular formula is C36H86O11Si8. The Hall–Kier alpha value is 1.30. The molecule has 0 saturated carbocycles. The molecule has 0 aromatic carbocycles. The maximum atomic E-state index is 7.21. The average Bonchev–Trinajstić information content (AvgIpc) is 3.13. The van der Waals surface area contributed by atoms with E-state index in [0.717, 1.165) is 0 Å². The minimum absolute atomic E-state index is 0.168. The molecule has 0 bridgehead atoms.